The monoisotopic (exact) mass is 392 g/mol. The molecular weight excluding hydrogens is 370 g/mol. The number of ether oxygens (including phenoxy) is 2. The summed E-state index contributed by atoms with van der Waals surface area (Å²) in [5.74, 6) is -0.458. The molecule has 146 valence electrons. The Kier molecular flexibility index (Phi) is 8.08. The second-order valence-electron chi connectivity index (χ2n) is 6.58. The van der Waals surface area contributed by atoms with Crippen molar-refractivity contribution >= 4 is 29.3 Å². The fourth-order valence-corrected chi connectivity index (χ4v) is 2.13. The molecule has 6 nitrogen and oxygen atoms in total. The lowest BCUT2D eigenvalue weighted by Crippen LogP contribution is -2.35. The number of alkyl halides is 2. The van der Waals surface area contributed by atoms with Crippen molar-refractivity contribution in [1.82, 2.24) is 4.90 Å². The molecule has 0 aliphatic rings. The van der Waals surface area contributed by atoms with Crippen LogP contribution >= 0.6 is 11.6 Å². The Bertz CT molecular complexity index is 636. The maximum atomic E-state index is 12.2. The molecule has 0 saturated carbocycles. The van der Waals surface area contributed by atoms with Gasteiger partial charge in [-0.2, -0.15) is 8.78 Å². The number of hydrogen-bond acceptors (Lipinski definition) is 4. The van der Waals surface area contributed by atoms with E-state index in [1.165, 1.54) is 23.1 Å². The normalized spacial score (nSPS) is 11.2. The van der Waals surface area contributed by atoms with Crippen LogP contribution in [0.2, 0.25) is 5.02 Å². The van der Waals surface area contributed by atoms with Crippen molar-refractivity contribution in [3.8, 4) is 5.75 Å². The molecular formula is C17H23ClF2N2O4. The van der Waals surface area contributed by atoms with E-state index in [-0.39, 0.29) is 23.1 Å². The Labute approximate surface area is 156 Å². The zero-order valence-electron chi connectivity index (χ0n) is 15.1. The fraction of sp³-hybridized carbons (Fsp3) is 0.529. The van der Waals surface area contributed by atoms with Gasteiger partial charge in [0.15, 0.2) is 0 Å². The summed E-state index contributed by atoms with van der Waals surface area (Å²) in [6.07, 6.45) is 0.140. The lowest BCUT2D eigenvalue weighted by atomic mass is 10.2. The number of amides is 2. The molecule has 0 saturated heterocycles. The standard InChI is InChI=1S/C17H23ClF2N2O4/c1-17(2,3)26-16(24)22(4)9-5-6-14(23)21-11-7-8-13(12(18)10-11)25-15(19)20/h7-8,10,15H,5-6,9H2,1-4H3,(H,21,23). The number of anilines is 1. The predicted octanol–water partition coefficient (Wildman–Crippen LogP) is 4.53. The van der Waals surface area contributed by atoms with Gasteiger partial charge in [0.2, 0.25) is 5.91 Å². The number of nitrogens with zero attached hydrogens (tertiary/aromatic N) is 1. The van der Waals surface area contributed by atoms with Crippen LogP contribution in [0.3, 0.4) is 0 Å². The average Bonchev–Trinajstić information content (AvgIpc) is 2.47. The number of nitrogens with one attached hydrogen (secondary N) is 1. The zero-order valence-corrected chi connectivity index (χ0v) is 15.9. The smallest absolute Gasteiger partial charge is 0.410 e. The molecule has 0 spiro atoms. The van der Waals surface area contributed by atoms with Crippen molar-refractivity contribution in [3.63, 3.8) is 0 Å². The fourth-order valence-electron chi connectivity index (χ4n) is 1.90. The van der Waals surface area contributed by atoms with E-state index in [1.807, 2.05) is 0 Å². The van der Waals surface area contributed by atoms with E-state index in [2.05, 4.69) is 10.1 Å². The average molecular weight is 393 g/mol. The van der Waals surface area contributed by atoms with Crippen molar-refractivity contribution in [3.05, 3.63) is 23.2 Å². The summed E-state index contributed by atoms with van der Waals surface area (Å²) in [5.41, 5.74) is -0.218. The van der Waals surface area contributed by atoms with E-state index >= 15 is 0 Å². The first-order valence-electron chi connectivity index (χ1n) is 7.96. The second kappa shape index (κ2) is 9.56. The number of rotatable bonds is 7. The molecule has 1 aromatic carbocycles. The molecule has 0 radical (unpaired) electrons. The molecule has 0 atom stereocenters. The van der Waals surface area contributed by atoms with Crippen LogP contribution in [0.4, 0.5) is 19.3 Å². The largest absolute Gasteiger partial charge is 0.444 e. The Morgan fingerprint density at radius 1 is 1.31 bits per heavy atom. The first-order valence-corrected chi connectivity index (χ1v) is 8.34. The molecule has 0 unspecified atom stereocenters. The minimum Gasteiger partial charge on any atom is -0.444 e. The second-order valence-corrected chi connectivity index (χ2v) is 6.98. The molecule has 0 aliphatic heterocycles. The quantitative estimate of drug-likeness (QED) is 0.740. The molecule has 2 amide bonds. The third-order valence-corrected chi connectivity index (χ3v) is 3.33. The summed E-state index contributed by atoms with van der Waals surface area (Å²) >= 11 is 5.82. The predicted molar refractivity (Wildman–Crippen MR) is 94.8 cm³/mol. The number of carbonyl (C=O) groups is 2. The topological polar surface area (TPSA) is 67.9 Å². The summed E-state index contributed by atoms with van der Waals surface area (Å²) in [5, 5.41) is 2.57. The molecule has 1 N–H and O–H groups in total. The highest BCUT2D eigenvalue weighted by Gasteiger charge is 2.19. The van der Waals surface area contributed by atoms with Crippen molar-refractivity contribution in [2.75, 3.05) is 18.9 Å². The molecule has 1 rings (SSSR count). The van der Waals surface area contributed by atoms with Gasteiger partial charge in [0.1, 0.15) is 11.4 Å². The summed E-state index contributed by atoms with van der Waals surface area (Å²) in [4.78, 5) is 25.1. The molecule has 0 bridgehead atoms. The third-order valence-electron chi connectivity index (χ3n) is 3.03. The Balaban J connectivity index is 2.43. The van der Waals surface area contributed by atoms with E-state index in [1.54, 1.807) is 27.8 Å². The van der Waals surface area contributed by atoms with Gasteiger partial charge in [-0.3, -0.25) is 4.79 Å². The summed E-state index contributed by atoms with van der Waals surface area (Å²) in [7, 11) is 1.59. The number of benzene rings is 1. The van der Waals surface area contributed by atoms with Crippen molar-refractivity contribution in [1.29, 1.82) is 0 Å². The van der Waals surface area contributed by atoms with Crippen LogP contribution in [0.5, 0.6) is 5.75 Å². The van der Waals surface area contributed by atoms with E-state index in [0.29, 0.717) is 18.7 Å². The Hall–Kier alpha value is -2.09. The van der Waals surface area contributed by atoms with Gasteiger partial charge in [0, 0.05) is 25.7 Å². The lowest BCUT2D eigenvalue weighted by molar-refractivity contribution is -0.116. The van der Waals surface area contributed by atoms with Crippen LogP contribution in [0.25, 0.3) is 0 Å². The number of carbonyl (C=O) groups excluding carboxylic acids is 2. The molecule has 0 aliphatic carbocycles. The minimum atomic E-state index is -2.98. The van der Waals surface area contributed by atoms with Crippen LogP contribution in [0.1, 0.15) is 33.6 Å². The Morgan fingerprint density at radius 3 is 2.50 bits per heavy atom. The van der Waals surface area contributed by atoms with Gasteiger partial charge < -0.3 is 19.7 Å². The summed E-state index contributed by atoms with van der Waals surface area (Å²) in [6, 6.07) is 3.98. The molecule has 0 aromatic heterocycles. The zero-order chi connectivity index (χ0) is 19.9. The van der Waals surface area contributed by atoms with Gasteiger partial charge in [-0.1, -0.05) is 11.6 Å². The van der Waals surface area contributed by atoms with Gasteiger partial charge in [-0.05, 0) is 45.4 Å². The Morgan fingerprint density at radius 2 is 1.96 bits per heavy atom. The SMILES string of the molecule is CN(CCCC(=O)Nc1ccc(OC(F)F)c(Cl)c1)C(=O)OC(C)(C)C. The molecule has 0 heterocycles. The van der Waals surface area contributed by atoms with Gasteiger partial charge in [0.25, 0.3) is 0 Å². The summed E-state index contributed by atoms with van der Waals surface area (Å²) < 4.78 is 33.8. The lowest BCUT2D eigenvalue weighted by Gasteiger charge is -2.24. The van der Waals surface area contributed by atoms with Crippen molar-refractivity contribution < 1.29 is 27.8 Å². The van der Waals surface area contributed by atoms with Crippen LogP contribution in [-0.2, 0) is 9.53 Å². The van der Waals surface area contributed by atoms with Gasteiger partial charge in [0.05, 0.1) is 5.02 Å². The van der Waals surface area contributed by atoms with Crippen LogP contribution in [0.15, 0.2) is 18.2 Å². The van der Waals surface area contributed by atoms with Crippen LogP contribution in [0, 0.1) is 0 Å². The van der Waals surface area contributed by atoms with Crippen molar-refractivity contribution in [2.45, 2.75) is 45.8 Å². The van der Waals surface area contributed by atoms with Gasteiger partial charge in [-0.15, -0.1) is 0 Å². The third kappa shape index (κ3) is 8.33. The van der Waals surface area contributed by atoms with Gasteiger partial charge in [-0.25, -0.2) is 4.79 Å². The van der Waals surface area contributed by atoms with E-state index < -0.39 is 18.3 Å². The van der Waals surface area contributed by atoms with Crippen molar-refractivity contribution in [2.24, 2.45) is 0 Å². The minimum absolute atomic E-state index is 0.0345. The highest BCUT2D eigenvalue weighted by molar-refractivity contribution is 6.32. The van der Waals surface area contributed by atoms with E-state index in [4.69, 9.17) is 16.3 Å². The van der Waals surface area contributed by atoms with Gasteiger partial charge >= 0.3 is 12.7 Å². The highest BCUT2D eigenvalue weighted by atomic mass is 35.5. The van der Waals surface area contributed by atoms with Crippen LogP contribution in [-0.4, -0.2) is 42.7 Å². The number of halogens is 3. The maximum Gasteiger partial charge on any atom is 0.410 e. The first-order chi connectivity index (χ1) is 12.0. The molecule has 1 aromatic rings. The molecule has 0 fully saturated rings. The van der Waals surface area contributed by atoms with E-state index in [9.17, 15) is 18.4 Å². The highest BCUT2D eigenvalue weighted by Crippen LogP contribution is 2.29. The summed E-state index contributed by atoms with van der Waals surface area (Å²) in [6.45, 7) is 2.69. The molecule has 26 heavy (non-hydrogen) atoms. The molecule has 9 heteroatoms. The van der Waals surface area contributed by atoms with Crippen LogP contribution < -0.4 is 10.1 Å². The first kappa shape index (κ1) is 22.0. The number of hydrogen-bond donors (Lipinski definition) is 1. The maximum absolute atomic E-state index is 12.2. The van der Waals surface area contributed by atoms with E-state index in [0.717, 1.165) is 0 Å².